The number of hydrogen-bond donors (Lipinski definition) is 0. The summed E-state index contributed by atoms with van der Waals surface area (Å²) in [5.41, 5.74) is -0.000699. The number of benzene rings is 1. The normalized spacial score (nSPS) is 12.6. The van der Waals surface area contributed by atoms with Gasteiger partial charge in [0.1, 0.15) is 0 Å². The Morgan fingerprint density at radius 1 is 1.15 bits per heavy atom. The molecule has 0 aliphatic rings. The summed E-state index contributed by atoms with van der Waals surface area (Å²) in [4.78, 5) is 0. The van der Waals surface area contributed by atoms with Gasteiger partial charge in [-0.05, 0) is 38.1 Å². The van der Waals surface area contributed by atoms with Crippen LogP contribution in [0.4, 0.5) is 0 Å². The molecule has 0 aromatic heterocycles. The average molecular weight is 259 g/mol. The van der Waals surface area contributed by atoms with Crippen molar-refractivity contribution in [1.29, 1.82) is 0 Å². The number of halogens is 1. The van der Waals surface area contributed by atoms with Crippen LogP contribution in [0.15, 0.2) is 28.7 Å². The second-order valence-electron chi connectivity index (χ2n) is 4.03. The minimum absolute atomic E-state index is 0.000699. The second-order valence-corrected chi connectivity index (χ2v) is 6.34. The van der Waals surface area contributed by atoms with Gasteiger partial charge in [0, 0.05) is 10.1 Å². The van der Waals surface area contributed by atoms with Crippen molar-refractivity contribution in [1.82, 2.24) is 0 Å². The van der Waals surface area contributed by atoms with Gasteiger partial charge in [-0.3, -0.25) is 0 Å². The summed E-state index contributed by atoms with van der Waals surface area (Å²) in [7, 11) is -0.552. The van der Waals surface area contributed by atoms with Gasteiger partial charge >= 0.3 is 0 Å². The molecule has 0 aliphatic carbocycles. The van der Waals surface area contributed by atoms with Crippen LogP contribution in [-0.2, 0) is 4.43 Å². The zero-order valence-corrected chi connectivity index (χ0v) is 11.3. The Balaban J connectivity index is 2.51. The first-order valence-corrected chi connectivity index (χ1v) is 6.43. The molecule has 0 spiro atoms. The Morgan fingerprint density at radius 2 is 1.69 bits per heavy atom. The molecule has 0 amide bonds. The zero-order chi connectivity index (χ0) is 9.90. The SMILES string of the molecule is CC(C)(C)O[SiH2]c1ccc(Br)cc1. The first kappa shape index (κ1) is 11.0. The quantitative estimate of drug-likeness (QED) is 0.738. The molecule has 0 bridgehead atoms. The molecule has 1 aromatic carbocycles. The molecular formula is C10H15BrOSi. The van der Waals surface area contributed by atoms with E-state index in [0.717, 1.165) is 4.47 Å². The van der Waals surface area contributed by atoms with Crippen LogP contribution in [0.25, 0.3) is 0 Å². The van der Waals surface area contributed by atoms with Crippen molar-refractivity contribution in [2.75, 3.05) is 0 Å². The highest BCUT2D eigenvalue weighted by Crippen LogP contribution is 2.07. The number of rotatable bonds is 2. The lowest BCUT2D eigenvalue weighted by atomic mass is 10.2. The van der Waals surface area contributed by atoms with E-state index < -0.39 is 9.76 Å². The van der Waals surface area contributed by atoms with E-state index in [1.54, 1.807) is 0 Å². The molecule has 3 heteroatoms. The van der Waals surface area contributed by atoms with Crippen molar-refractivity contribution >= 4 is 30.9 Å². The minimum atomic E-state index is -0.552. The lowest BCUT2D eigenvalue weighted by Crippen LogP contribution is -2.28. The second kappa shape index (κ2) is 4.40. The van der Waals surface area contributed by atoms with Gasteiger partial charge in [0.15, 0.2) is 9.76 Å². The first-order valence-electron chi connectivity index (χ1n) is 4.36. The molecule has 1 nitrogen and oxygen atoms in total. The van der Waals surface area contributed by atoms with Crippen molar-refractivity contribution < 1.29 is 4.43 Å². The van der Waals surface area contributed by atoms with E-state index in [-0.39, 0.29) is 5.60 Å². The van der Waals surface area contributed by atoms with Gasteiger partial charge in [0.05, 0.1) is 0 Å². The van der Waals surface area contributed by atoms with Crippen LogP contribution in [0.2, 0.25) is 0 Å². The smallest absolute Gasteiger partial charge is 0.192 e. The largest absolute Gasteiger partial charge is 0.414 e. The van der Waals surface area contributed by atoms with Gasteiger partial charge < -0.3 is 4.43 Å². The van der Waals surface area contributed by atoms with Gasteiger partial charge in [0.25, 0.3) is 0 Å². The fourth-order valence-electron chi connectivity index (χ4n) is 0.880. The predicted octanol–water partition coefficient (Wildman–Crippen LogP) is 1.97. The molecular weight excluding hydrogens is 244 g/mol. The molecule has 13 heavy (non-hydrogen) atoms. The summed E-state index contributed by atoms with van der Waals surface area (Å²) in [6.45, 7) is 6.29. The Kier molecular flexibility index (Phi) is 3.70. The van der Waals surface area contributed by atoms with E-state index in [1.807, 2.05) is 0 Å². The molecule has 1 rings (SSSR count). The summed E-state index contributed by atoms with van der Waals surface area (Å²) < 4.78 is 6.90. The van der Waals surface area contributed by atoms with Gasteiger partial charge in [-0.2, -0.15) is 0 Å². The van der Waals surface area contributed by atoms with E-state index in [9.17, 15) is 0 Å². The fourth-order valence-corrected chi connectivity index (χ4v) is 2.17. The molecule has 0 saturated heterocycles. The van der Waals surface area contributed by atoms with Gasteiger partial charge in [-0.15, -0.1) is 0 Å². The van der Waals surface area contributed by atoms with E-state index in [2.05, 4.69) is 61.0 Å². The first-order chi connectivity index (χ1) is 5.97. The van der Waals surface area contributed by atoms with Crippen LogP contribution in [0.5, 0.6) is 0 Å². The summed E-state index contributed by atoms with van der Waals surface area (Å²) in [6, 6.07) is 8.38. The third-order valence-corrected chi connectivity index (χ3v) is 3.93. The van der Waals surface area contributed by atoms with E-state index in [0.29, 0.717) is 0 Å². The molecule has 1 aromatic rings. The summed E-state index contributed by atoms with van der Waals surface area (Å²) >= 11 is 3.41. The van der Waals surface area contributed by atoms with E-state index in [4.69, 9.17) is 4.43 Å². The standard InChI is InChI=1S/C10H15BrOSi/c1-10(2,3)12-13-9-6-4-8(11)5-7-9/h4-7H,13H2,1-3H3. The third kappa shape index (κ3) is 4.60. The lowest BCUT2D eigenvalue weighted by Gasteiger charge is -2.19. The maximum Gasteiger partial charge on any atom is 0.192 e. The maximum absolute atomic E-state index is 5.78. The molecule has 0 saturated carbocycles. The zero-order valence-electron chi connectivity index (χ0n) is 8.30. The molecule has 72 valence electrons. The highest BCUT2D eigenvalue weighted by molar-refractivity contribution is 9.10. The summed E-state index contributed by atoms with van der Waals surface area (Å²) in [6.07, 6.45) is 0. The molecule has 0 heterocycles. The Bertz CT molecular complexity index is 263. The van der Waals surface area contributed by atoms with Crippen LogP contribution < -0.4 is 5.19 Å². The fraction of sp³-hybridized carbons (Fsp3) is 0.400. The molecule has 0 unspecified atom stereocenters. The summed E-state index contributed by atoms with van der Waals surface area (Å²) in [5, 5.41) is 1.35. The van der Waals surface area contributed by atoms with Crippen molar-refractivity contribution in [3.63, 3.8) is 0 Å². The van der Waals surface area contributed by atoms with Crippen LogP contribution in [0, 0.1) is 0 Å². The highest BCUT2D eigenvalue weighted by Gasteiger charge is 2.09. The number of hydrogen-bond acceptors (Lipinski definition) is 1. The summed E-state index contributed by atoms with van der Waals surface area (Å²) in [5.74, 6) is 0. The van der Waals surface area contributed by atoms with Gasteiger partial charge in [-0.1, -0.05) is 28.1 Å². The lowest BCUT2D eigenvalue weighted by molar-refractivity contribution is 0.142. The Labute approximate surface area is 90.6 Å². The highest BCUT2D eigenvalue weighted by atomic mass is 79.9. The molecule has 0 aliphatic heterocycles. The topological polar surface area (TPSA) is 9.23 Å². The van der Waals surface area contributed by atoms with Crippen LogP contribution in [0.3, 0.4) is 0 Å². The molecule has 0 fully saturated rings. The Morgan fingerprint density at radius 3 is 2.15 bits per heavy atom. The van der Waals surface area contributed by atoms with E-state index >= 15 is 0 Å². The van der Waals surface area contributed by atoms with Crippen molar-refractivity contribution in [2.45, 2.75) is 26.4 Å². The molecule has 0 atom stereocenters. The average Bonchev–Trinajstić information content (AvgIpc) is 2.02. The van der Waals surface area contributed by atoms with Crippen LogP contribution in [-0.4, -0.2) is 15.4 Å². The minimum Gasteiger partial charge on any atom is -0.414 e. The maximum atomic E-state index is 5.78. The van der Waals surface area contributed by atoms with Crippen molar-refractivity contribution in [2.24, 2.45) is 0 Å². The monoisotopic (exact) mass is 258 g/mol. The molecule has 0 N–H and O–H groups in total. The molecule has 0 radical (unpaired) electrons. The van der Waals surface area contributed by atoms with Crippen molar-refractivity contribution in [3.8, 4) is 0 Å². The van der Waals surface area contributed by atoms with Crippen molar-refractivity contribution in [3.05, 3.63) is 28.7 Å². The van der Waals surface area contributed by atoms with E-state index in [1.165, 1.54) is 5.19 Å². The van der Waals surface area contributed by atoms with Gasteiger partial charge in [0.2, 0.25) is 0 Å². The van der Waals surface area contributed by atoms with Crippen LogP contribution >= 0.6 is 15.9 Å². The van der Waals surface area contributed by atoms with Gasteiger partial charge in [-0.25, -0.2) is 0 Å². The predicted molar refractivity (Wildman–Crippen MR) is 63.2 cm³/mol. The third-order valence-electron chi connectivity index (χ3n) is 1.59. The van der Waals surface area contributed by atoms with Crippen LogP contribution in [0.1, 0.15) is 20.8 Å². The Hall–Kier alpha value is -0.123.